The van der Waals surface area contributed by atoms with E-state index in [4.69, 9.17) is 6.42 Å². The fourth-order valence-corrected chi connectivity index (χ4v) is 4.17. The Balaban J connectivity index is 2.42. The third-order valence-electron chi connectivity index (χ3n) is 5.66. The third kappa shape index (κ3) is 6.04. The molecule has 0 bridgehead atoms. The summed E-state index contributed by atoms with van der Waals surface area (Å²) in [5.41, 5.74) is -0.658. The number of carbonyl (C=O) groups excluding carboxylic acids is 1. The van der Waals surface area contributed by atoms with Crippen molar-refractivity contribution in [1.29, 1.82) is 0 Å². The maximum absolute atomic E-state index is 13.5. The number of hydrogen-bond donors (Lipinski definition) is 1. The molecule has 0 spiro atoms. The molecule has 1 fully saturated rings. The molecule has 0 radical (unpaired) electrons. The predicted octanol–water partition coefficient (Wildman–Crippen LogP) is 5.63. The normalized spacial score (nSPS) is 15.8. The second-order valence-electron chi connectivity index (χ2n) is 7.83. The SMILES string of the molecule is C#CCN(C(=O)c1ccccc1C(F)(F)F)C(C(=C)NCCCC)C1CCCCC1. The van der Waals surface area contributed by atoms with Crippen molar-refractivity contribution in [2.24, 2.45) is 5.92 Å². The topological polar surface area (TPSA) is 32.3 Å². The number of hydrogen-bond acceptors (Lipinski definition) is 2. The number of alkyl halides is 3. The summed E-state index contributed by atoms with van der Waals surface area (Å²) in [7, 11) is 0. The maximum Gasteiger partial charge on any atom is 0.417 e. The van der Waals surface area contributed by atoms with Gasteiger partial charge in [0.25, 0.3) is 5.91 Å². The van der Waals surface area contributed by atoms with Gasteiger partial charge in [0.1, 0.15) is 0 Å². The number of amides is 1. The first-order chi connectivity index (χ1) is 14.3. The lowest BCUT2D eigenvalue weighted by atomic mass is 9.81. The molecule has 1 atom stereocenters. The minimum atomic E-state index is -4.62. The summed E-state index contributed by atoms with van der Waals surface area (Å²) in [6, 6.07) is 4.45. The van der Waals surface area contributed by atoms with Crippen LogP contribution in [-0.2, 0) is 6.18 Å². The zero-order valence-corrected chi connectivity index (χ0v) is 17.6. The Morgan fingerprint density at radius 2 is 1.97 bits per heavy atom. The largest absolute Gasteiger partial charge is 0.417 e. The molecule has 0 aliphatic heterocycles. The van der Waals surface area contributed by atoms with Gasteiger partial charge in [0.05, 0.1) is 23.7 Å². The van der Waals surface area contributed by atoms with Gasteiger partial charge in [0.2, 0.25) is 0 Å². The molecule has 1 aliphatic rings. The van der Waals surface area contributed by atoms with Gasteiger partial charge in [-0.1, -0.05) is 57.2 Å². The maximum atomic E-state index is 13.5. The Labute approximate surface area is 177 Å². The van der Waals surface area contributed by atoms with Crippen LogP contribution in [0.1, 0.15) is 67.8 Å². The van der Waals surface area contributed by atoms with Crippen LogP contribution in [-0.4, -0.2) is 29.9 Å². The Morgan fingerprint density at radius 3 is 2.57 bits per heavy atom. The number of halogens is 3. The van der Waals surface area contributed by atoms with Crippen LogP contribution in [0.2, 0.25) is 0 Å². The van der Waals surface area contributed by atoms with Crippen LogP contribution < -0.4 is 5.32 Å². The Hall–Kier alpha value is -2.42. The Bertz CT molecular complexity index is 760. The summed E-state index contributed by atoms with van der Waals surface area (Å²) in [5, 5.41) is 3.29. The molecular weight excluding hydrogens is 389 g/mol. The number of nitrogens with one attached hydrogen (secondary N) is 1. The average molecular weight is 421 g/mol. The minimum absolute atomic E-state index is 0.0688. The standard InChI is InChI=1S/C24H31F3N2O/c1-4-6-16-28-18(3)22(19-12-8-7-9-13-19)29(17-5-2)23(30)20-14-10-11-15-21(20)24(25,26)27/h2,10-11,14-15,19,22,28H,3-4,6-9,12-13,16-17H2,1H3. The highest BCUT2D eigenvalue weighted by Gasteiger charge is 2.39. The van der Waals surface area contributed by atoms with Crippen LogP contribution in [0.25, 0.3) is 0 Å². The number of unbranched alkanes of at least 4 members (excludes halogenated alkanes) is 1. The number of terminal acetylenes is 1. The van der Waals surface area contributed by atoms with Gasteiger partial charge in [-0.3, -0.25) is 4.79 Å². The first kappa shape index (κ1) is 23.9. The first-order valence-corrected chi connectivity index (χ1v) is 10.6. The number of nitrogens with zero attached hydrogens (tertiary/aromatic N) is 1. The number of rotatable bonds is 9. The molecule has 1 N–H and O–H groups in total. The van der Waals surface area contributed by atoms with Gasteiger partial charge in [-0.25, -0.2) is 0 Å². The highest BCUT2D eigenvalue weighted by Crippen LogP contribution is 2.35. The number of benzene rings is 1. The molecule has 1 saturated carbocycles. The highest BCUT2D eigenvalue weighted by molar-refractivity contribution is 5.96. The monoisotopic (exact) mass is 420 g/mol. The van der Waals surface area contributed by atoms with Crippen LogP contribution in [0.3, 0.4) is 0 Å². The molecule has 2 rings (SSSR count). The molecule has 1 aromatic carbocycles. The van der Waals surface area contributed by atoms with Crippen LogP contribution in [0.4, 0.5) is 13.2 Å². The first-order valence-electron chi connectivity index (χ1n) is 10.6. The van der Waals surface area contributed by atoms with E-state index in [9.17, 15) is 18.0 Å². The smallest absolute Gasteiger partial charge is 0.387 e. The predicted molar refractivity (Wildman–Crippen MR) is 114 cm³/mol. The fraction of sp³-hybridized carbons (Fsp3) is 0.542. The molecular formula is C24H31F3N2O. The van der Waals surface area contributed by atoms with E-state index in [1.54, 1.807) is 0 Å². The molecule has 1 aromatic rings. The summed E-state index contributed by atoms with van der Waals surface area (Å²) in [6.07, 6.45) is 7.84. The van der Waals surface area contributed by atoms with Crippen molar-refractivity contribution in [3.05, 3.63) is 47.7 Å². The second-order valence-corrected chi connectivity index (χ2v) is 7.83. The molecule has 0 saturated heterocycles. The van der Waals surface area contributed by atoms with Crippen LogP contribution in [0.15, 0.2) is 36.5 Å². The molecule has 0 aromatic heterocycles. The van der Waals surface area contributed by atoms with Gasteiger partial charge < -0.3 is 10.2 Å². The fourth-order valence-electron chi connectivity index (χ4n) is 4.17. The van der Waals surface area contributed by atoms with Gasteiger partial charge in [-0.2, -0.15) is 13.2 Å². The highest BCUT2D eigenvalue weighted by atomic mass is 19.4. The minimum Gasteiger partial charge on any atom is -0.387 e. The van der Waals surface area contributed by atoms with Crippen LogP contribution in [0, 0.1) is 18.3 Å². The van der Waals surface area contributed by atoms with Gasteiger partial charge in [0.15, 0.2) is 0 Å². The molecule has 3 nitrogen and oxygen atoms in total. The van der Waals surface area contributed by atoms with E-state index in [0.29, 0.717) is 12.2 Å². The number of carbonyl (C=O) groups is 1. The summed E-state index contributed by atoms with van der Waals surface area (Å²) < 4.78 is 40.6. The Kier molecular flexibility index (Phi) is 8.83. The van der Waals surface area contributed by atoms with E-state index < -0.39 is 23.7 Å². The van der Waals surface area contributed by atoms with E-state index in [1.165, 1.54) is 23.1 Å². The van der Waals surface area contributed by atoms with E-state index in [1.807, 2.05) is 0 Å². The lowest BCUT2D eigenvalue weighted by Gasteiger charge is -2.39. The molecule has 1 aliphatic carbocycles. The molecule has 1 amide bonds. The van der Waals surface area contributed by atoms with Crippen molar-refractivity contribution in [3.8, 4) is 12.3 Å². The third-order valence-corrected chi connectivity index (χ3v) is 5.66. The van der Waals surface area contributed by atoms with Crippen LogP contribution in [0.5, 0.6) is 0 Å². The zero-order chi connectivity index (χ0) is 22.1. The van der Waals surface area contributed by atoms with E-state index in [0.717, 1.165) is 51.0 Å². The van der Waals surface area contributed by atoms with Gasteiger partial charge in [-0.05, 0) is 37.3 Å². The van der Waals surface area contributed by atoms with E-state index in [-0.39, 0.29) is 18.0 Å². The second kappa shape index (κ2) is 11.1. The average Bonchev–Trinajstić information content (AvgIpc) is 2.73. The lowest BCUT2D eigenvalue weighted by molar-refractivity contribution is -0.138. The molecule has 30 heavy (non-hydrogen) atoms. The van der Waals surface area contributed by atoms with Crippen molar-refractivity contribution < 1.29 is 18.0 Å². The van der Waals surface area contributed by atoms with Crippen LogP contribution >= 0.6 is 0 Å². The summed E-state index contributed by atoms with van der Waals surface area (Å²) in [4.78, 5) is 14.8. The summed E-state index contributed by atoms with van der Waals surface area (Å²) in [5.74, 6) is 1.90. The van der Waals surface area contributed by atoms with Gasteiger partial charge >= 0.3 is 6.18 Å². The molecule has 1 unspecified atom stereocenters. The van der Waals surface area contributed by atoms with Crippen molar-refractivity contribution in [2.45, 2.75) is 64.1 Å². The van der Waals surface area contributed by atoms with Crippen molar-refractivity contribution in [1.82, 2.24) is 10.2 Å². The summed E-state index contributed by atoms with van der Waals surface area (Å²) >= 11 is 0. The molecule has 0 heterocycles. The quantitative estimate of drug-likeness (QED) is 0.415. The van der Waals surface area contributed by atoms with Crippen molar-refractivity contribution in [2.75, 3.05) is 13.1 Å². The lowest BCUT2D eigenvalue weighted by Crippen LogP contribution is -2.49. The van der Waals surface area contributed by atoms with Gasteiger partial charge in [-0.15, -0.1) is 6.42 Å². The van der Waals surface area contributed by atoms with E-state index >= 15 is 0 Å². The van der Waals surface area contributed by atoms with Gasteiger partial charge in [0, 0.05) is 12.2 Å². The molecule has 164 valence electrons. The van der Waals surface area contributed by atoms with Crippen molar-refractivity contribution >= 4 is 5.91 Å². The summed E-state index contributed by atoms with van der Waals surface area (Å²) in [6.45, 7) is 6.87. The zero-order valence-electron chi connectivity index (χ0n) is 17.6. The Morgan fingerprint density at radius 1 is 1.30 bits per heavy atom. The van der Waals surface area contributed by atoms with Crippen molar-refractivity contribution in [3.63, 3.8) is 0 Å². The van der Waals surface area contributed by atoms with E-state index in [2.05, 4.69) is 24.7 Å². The molecule has 6 heteroatoms.